The third-order valence-corrected chi connectivity index (χ3v) is 1.81. The van der Waals surface area contributed by atoms with Crippen molar-refractivity contribution in [1.29, 1.82) is 0 Å². The van der Waals surface area contributed by atoms with Crippen molar-refractivity contribution in [3.8, 4) is 0 Å². The average Bonchev–Trinajstić information content (AvgIpc) is 1.98. The number of hydrogen-bond acceptors (Lipinski definition) is 0. The predicted molar refractivity (Wildman–Crippen MR) is 43.9 cm³/mol. The molecular formula is C9H19F. The molecule has 0 saturated heterocycles. The van der Waals surface area contributed by atoms with Crippen LogP contribution in [-0.2, 0) is 0 Å². The fraction of sp³-hybridized carbons (Fsp3) is 1.00. The Bertz CT molecular complexity index is 61.7. The summed E-state index contributed by atoms with van der Waals surface area (Å²) in [6.45, 7) is 4.02. The normalized spacial score (nSPS) is 13.5. The van der Waals surface area contributed by atoms with Gasteiger partial charge in [-0.05, 0) is 12.3 Å². The van der Waals surface area contributed by atoms with Crippen LogP contribution in [0.4, 0.5) is 4.39 Å². The van der Waals surface area contributed by atoms with Gasteiger partial charge in [-0.1, -0.05) is 39.5 Å². The quantitative estimate of drug-likeness (QED) is 0.502. The molecule has 0 spiro atoms. The topological polar surface area (TPSA) is 0 Å². The third-order valence-electron chi connectivity index (χ3n) is 1.81. The number of hydrogen-bond donors (Lipinski definition) is 0. The van der Waals surface area contributed by atoms with Crippen LogP contribution in [0.25, 0.3) is 0 Å². The minimum atomic E-state index is -0.147. The summed E-state index contributed by atoms with van der Waals surface area (Å²) in [6.07, 6.45) is 6.12. The largest absolute Gasteiger partial charge is 0.251 e. The lowest BCUT2D eigenvalue weighted by Gasteiger charge is -2.04. The molecule has 0 aliphatic heterocycles. The maximum Gasteiger partial charge on any atom is 0.0919 e. The molecule has 0 fully saturated rings. The Morgan fingerprint density at radius 1 is 1.20 bits per heavy atom. The zero-order valence-corrected chi connectivity index (χ0v) is 7.20. The van der Waals surface area contributed by atoms with Gasteiger partial charge < -0.3 is 0 Å². The Kier molecular flexibility index (Phi) is 6.99. The van der Waals surface area contributed by atoms with E-state index in [1.165, 1.54) is 25.7 Å². The highest BCUT2D eigenvalue weighted by molar-refractivity contribution is 4.50. The fourth-order valence-electron chi connectivity index (χ4n) is 0.997. The molecule has 0 aromatic carbocycles. The van der Waals surface area contributed by atoms with Crippen molar-refractivity contribution < 1.29 is 4.39 Å². The van der Waals surface area contributed by atoms with Gasteiger partial charge in [0, 0.05) is 0 Å². The molecule has 0 heterocycles. The van der Waals surface area contributed by atoms with Crippen LogP contribution in [0, 0.1) is 5.92 Å². The standard InChI is InChI=1S/C9H19F/c1-3-4-5-6-7-9(2)8-10/h9H,3-8H2,1-2H3. The van der Waals surface area contributed by atoms with Gasteiger partial charge in [-0.2, -0.15) is 0 Å². The number of rotatable bonds is 6. The predicted octanol–water partition coefficient (Wildman–Crippen LogP) is 3.56. The summed E-state index contributed by atoms with van der Waals surface area (Å²) in [5.74, 6) is 0.289. The van der Waals surface area contributed by atoms with Crippen molar-refractivity contribution in [2.24, 2.45) is 5.92 Å². The van der Waals surface area contributed by atoms with Crippen molar-refractivity contribution in [2.75, 3.05) is 6.67 Å². The fourth-order valence-corrected chi connectivity index (χ4v) is 0.997. The molecule has 0 N–H and O–H groups in total. The van der Waals surface area contributed by atoms with E-state index in [4.69, 9.17) is 0 Å². The zero-order chi connectivity index (χ0) is 7.82. The van der Waals surface area contributed by atoms with Crippen molar-refractivity contribution in [3.05, 3.63) is 0 Å². The molecule has 0 rings (SSSR count). The summed E-state index contributed by atoms with van der Waals surface area (Å²) in [4.78, 5) is 0. The smallest absolute Gasteiger partial charge is 0.0919 e. The maximum atomic E-state index is 11.9. The zero-order valence-electron chi connectivity index (χ0n) is 7.20. The molecule has 0 nitrogen and oxygen atoms in total. The lowest BCUT2D eigenvalue weighted by atomic mass is 10.0. The summed E-state index contributed by atoms with van der Waals surface area (Å²) in [5.41, 5.74) is 0. The molecule has 0 aliphatic rings. The van der Waals surface area contributed by atoms with Crippen LogP contribution >= 0.6 is 0 Å². The summed E-state index contributed by atoms with van der Waals surface area (Å²) in [5, 5.41) is 0. The van der Waals surface area contributed by atoms with E-state index >= 15 is 0 Å². The number of unbranched alkanes of at least 4 members (excludes halogenated alkanes) is 3. The molecule has 0 saturated carbocycles. The second-order valence-corrected chi connectivity index (χ2v) is 3.11. The molecule has 0 aliphatic carbocycles. The Hall–Kier alpha value is -0.0700. The molecule has 62 valence electrons. The van der Waals surface area contributed by atoms with Crippen molar-refractivity contribution in [3.63, 3.8) is 0 Å². The minimum absolute atomic E-state index is 0.147. The Morgan fingerprint density at radius 2 is 1.90 bits per heavy atom. The molecule has 10 heavy (non-hydrogen) atoms. The van der Waals surface area contributed by atoms with Crippen molar-refractivity contribution >= 4 is 0 Å². The molecule has 0 bridgehead atoms. The lowest BCUT2D eigenvalue weighted by molar-refractivity contribution is 0.356. The van der Waals surface area contributed by atoms with Gasteiger partial charge in [-0.3, -0.25) is 4.39 Å². The minimum Gasteiger partial charge on any atom is -0.251 e. The van der Waals surface area contributed by atoms with Gasteiger partial charge in [0.05, 0.1) is 6.67 Å². The molecule has 0 aromatic rings. The second kappa shape index (κ2) is 7.04. The summed E-state index contributed by atoms with van der Waals surface area (Å²) in [7, 11) is 0. The van der Waals surface area contributed by atoms with E-state index in [0.29, 0.717) is 0 Å². The Morgan fingerprint density at radius 3 is 2.40 bits per heavy atom. The van der Waals surface area contributed by atoms with E-state index in [9.17, 15) is 4.39 Å². The van der Waals surface area contributed by atoms with Crippen LogP contribution in [0.15, 0.2) is 0 Å². The van der Waals surface area contributed by atoms with Gasteiger partial charge in [-0.25, -0.2) is 0 Å². The van der Waals surface area contributed by atoms with Gasteiger partial charge in [0.1, 0.15) is 0 Å². The van der Waals surface area contributed by atoms with Gasteiger partial charge >= 0.3 is 0 Å². The van der Waals surface area contributed by atoms with E-state index in [1.54, 1.807) is 0 Å². The third kappa shape index (κ3) is 6.06. The highest BCUT2D eigenvalue weighted by Gasteiger charge is 1.98. The van der Waals surface area contributed by atoms with E-state index in [1.807, 2.05) is 6.92 Å². The van der Waals surface area contributed by atoms with E-state index in [2.05, 4.69) is 6.92 Å². The van der Waals surface area contributed by atoms with Crippen LogP contribution in [0.5, 0.6) is 0 Å². The van der Waals surface area contributed by atoms with E-state index in [-0.39, 0.29) is 12.6 Å². The monoisotopic (exact) mass is 146 g/mol. The Labute approximate surface area is 63.8 Å². The van der Waals surface area contributed by atoms with Gasteiger partial charge in [-0.15, -0.1) is 0 Å². The van der Waals surface area contributed by atoms with Crippen LogP contribution in [0.1, 0.15) is 46.0 Å². The molecule has 0 amide bonds. The van der Waals surface area contributed by atoms with E-state index in [0.717, 1.165) is 6.42 Å². The second-order valence-electron chi connectivity index (χ2n) is 3.11. The lowest BCUT2D eigenvalue weighted by Crippen LogP contribution is -1.95. The van der Waals surface area contributed by atoms with Crippen LogP contribution < -0.4 is 0 Å². The number of alkyl halides is 1. The summed E-state index contributed by atoms with van der Waals surface area (Å²) in [6, 6.07) is 0. The highest BCUT2D eigenvalue weighted by Crippen LogP contribution is 2.10. The molecule has 0 aromatic heterocycles. The first kappa shape index (κ1) is 9.93. The van der Waals surface area contributed by atoms with Crippen molar-refractivity contribution in [2.45, 2.75) is 46.0 Å². The van der Waals surface area contributed by atoms with Crippen molar-refractivity contribution in [1.82, 2.24) is 0 Å². The first-order chi connectivity index (χ1) is 4.81. The van der Waals surface area contributed by atoms with Gasteiger partial charge in [0.25, 0.3) is 0 Å². The van der Waals surface area contributed by atoms with Crippen LogP contribution in [-0.4, -0.2) is 6.67 Å². The molecule has 1 unspecified atom stereocenters. The maximum absolute atomic E-state index is 11.9. The van der Waals surface area contributed by atoms with E-state index < -0.39 is 0 Å². The SMILES string of the molecule is CCCCCCC(C)CF. The highest BCUT2D eigenvalue weighted by atomic mass is 19.1. The molecule has 0 radical (unpaired) electrons. The Balaban J connectivity index is 2.89. The van der Waals surface area contributed by atoms with Crippen LogP contribution in [0.2, 0.25) is 0 Å². The first-order valence-electron chi connectivity index (χ1n) is 4.37. The average molecular weight is 146 g/mol. The first-order valence-corrected chi connectivity index (χ1v) is 4.37. The van der Waals surface area contributed by atoms with Gasteiger partial charge in [0.15, 0.2) is 0 Å². The molecule has 1 atom stereocenters. The van der Waals surface area contributed by atoms with Gasteiger partial charge in [0.2, 0.25) is 0 Å². The summed E-state index contributed by atoms with van der Waals surface area (Å²) < 4.78 is 11.9. The summed E-state index contributed by atoms with van der Waals surface area (Å²) >= 11 is 0. The van der Waals surface area contributed by atoms with Crippen LogP contribution in [0.3, 0.4) is 0 Å². The molecule has 1 heteroatoms. The molecular weight excluding hydrogens is 127 g/mol. The number of halogens is 1.